The van der Waals surface area contributed by atoms with E-state index in [2.05, 4.69) is 22.1 Å². The Morgan fingerprint density at radius 2 is 1.80 bits per heavy atom. The second-order valence-corrected chi connectivity index (χ2v) is 10.9. The van der Waals surface area contributed by atoms with E-state index < -0.39 is 0 Å². The van der Waals surface area contributed by atoms with Gasteiger partial charge in [-0.25, -0.2) is 9.97 Å². The van der Waals surface area contributed by atoms with Crippen LogP contribution in [0.5, 0.6) is 0 Å². The molecule has 0 radical (unpaired) electrons. The molecule has 1 amide bonds. The molecule has 184 valence electrons. The number of aromatic nitrogens is 2. The minimum absolute atomic E-state index is 0.118. The fraction of sp³-hybridized carbons (Fsp3) is 0.346. The predicted molar refractivity (Wildman–Crippen MR) is 146 cm³/mol. The third-order valence-electron chi connectivity index (χ3n) is 6.05. The zero-order valence-electron chi connectivity index (χ0n) is 19.4. The molecule has 1 aliphatic heterocycles. The highest BCUT2D eigenvalue weighted by Gasteiger charge is 2.18. The molecule has 1 saturated heterocycles. The van der Waals surface area contributed by atoms with Crippen LogP contribution in [0.3, 0.4) is 0 Å². The number of anilines is 1. The van der Waals surface area contributed by atoms with Gasteiger partial charge in [0.15, 0.2) is 5.16 Å². The molecule has 1 aromatic heterocycles. The van der Waals surface area contributed by atoms with Gasteiger partial charge in [0, 0.05) is 47.1 Å². The second kappa shape index (κ2) is 12.3. The molecular formula is C26H27Cl3N4OS. The van der Waals surface area contributed by atoms with Crippen molar-refractivity contribution >= 4 is 58.3 Å². The van der Waals surface area contributed by atoms with E-state index >= 15 is 0 Å². The number of carbonyl (C=O) groups excluding carboxylic acids is 1. The molecule has 1 N–H and O–H groups in total. The second-order valence-electron chi connectivity index (χ2n) is 8.73. The van der Waals surface area contributed by atoms with Crippen LogP contribution in [0.4, 0.5) is 5.82 Å². The van der Waals surface area contributed by atoms with Crippen molar-refractivity contribution in [1.29, 1.82) is 0 Å². The Bertz CT molecular complexity index is 1170. The molecular weight excluding hydrogens is 523 g/mol. The number of nitrogens with zero attached hydrogens (tertiary/aromatic N) is 3. The number of amides is 1. The maximum atomic E-state index is 12.5. The number of halogens is 3. The molecule has 0 atom stereocenters. The summed E-state index contributed by atoms with van der Waals surface area (Å²) in [5, 5.41) is 5.26. The highest BCUT2D eigenvalue weighted by molar-refractivity contribution is 7.98. The van der Waals surface area contributed by atoms with Crippen LogP contribution in [-0.2, 0) is 12.2 Å². The Balaban J connectivity index is 1.28. The Morgan fingerprint density at radius 1 is 1.06 bits per heavy atom. The molecule has 0 saturated carbocycles. The molecule has 3 aromatic rings. The summed E-state index contributed by atoms with van der Waals surface area (Å²) < 4.78 is 0. The van der Waals surface area contributed by atoms with E-state index in [1.807, 2.05) is 36.4 Å². The fourth-order valence-corrected chi connectivity index (χ4v) is 5.43. The standard InChI is InChI=1S/C26H27Cl3N4OS/c1-17-9-12-33(13-10-17)24-15-23(29)31-26(32-24)35-16-18-2-4-20(5-3-18)25(34)30-11-8-19-6-7-21(27)14-22(19)28/h2-7,14-15,17H,8-13,16H2,1H3,(H,30,34). The average molecular weight is 550 g/mol. The van der Waals surface area contributed by atoms with Gasteiger partial charge in [0.25, 0.3) is 5.91 Å². The Morgan fingerprint density at radius 3 is 2.51 bits per heavy atom. The summed E-state index contributed by atoms with van der Waals surface area (Å²) >= 11 is 20.0. The Hall–Kier alpha value is -1.99. The van der Waals surface area contributed by atoms with Gasteiger partial charge in [-0.1, -0.05) is 71.7 Å². The van der Waals surface area contributed by atoms with Crippen molar-refractivity contribution < 1.29 is 4.79 Å². The van der Waals surface area contributed by atoms with Crippen molar-refractivity contribution in [2.75, 3.05) is 24.5 Å². The Kier molecular flexibility index (Phi) is 9.17. The van der Waals surface area contributed by atoms with E-state index in [1.165, 1.54) is 24.6 Å². The molecule has 35 heavy (non-hydrogen) atoms. The lowest BCUT2D eigenvalue weighted by molar-refractivity contribution is 0.0954. The number of benzene rings is 2. The summed E-state index contributed by atoms with van der Waals surface area (Å²) in [4.78, 5) is 23.9. The number of thioether (sulfide) groups is 1. The summed E-state index contributed by atoms with van der Waals surface area (Å²) in [6.07, 6.45) is 2.96. The summed E-state index contributed by atoms with van der Waals surface area (Å²) in [5.41, 5.74) is 2.64. The van der Waals surface area contributed by atoms with E-state index in [1.54, 1.807) is 12.1 Å². The first-order valence-corrected chi connectivity index (χ1v) is 13.7. The van der Waals surface area contributed by atoms with E-state index in [-0.39, 0.29) is 5.91 Å². The van der Waals surface area contributed by atoms with Crippen LogP contribution in [0.2, 0.25) is 15.2 Å². The van der Waals surface area contributed by atoms with E-state index in [0.717, 1.165) is 36.0 Å². The van der Waals surface area contributed by atoms with E-state index in [4.69, 9.17) is 39.8 Å². The molecule has 0 unspecified atom stereocenters. The van der Waals surface area contributed by atoms with Gasteiger partial charge >= 0.3 is 0 Å². The topological polar surface area (TPSA) is 58.1 Å². The molecule has 1 aliphatic rings. The predicted octanol–water partition coefficient (Wildman–Crippen LogP) is 6.94. The zero-order chi connectivity index (χ0) is 24.8. The number of rotatable bonds is 8. The number of piperidine rings is 1. The number of carbonyl (C=O) groups is 1. The summed E-state index contributed by atoms with van der Waals surface area (Å²) in [6.45, 7) is 4.77. The monoisotopic (exact) mass is 548 g/mol. The SMILES string of the molecule is CC1CCN(c2cc(Cl)nc(SCc3ccc(C(=O)NCCc4ccc(Cl)cc4Cl)cc3)n2)CC1. The molecule has 0 aliphatic carbocycles. The lowest BCUT2D eigenvalue weighted by Crippen LogP contribution is -2.33. The maximum absolute atomic E-state index is 12.5. The molecule has 0 bridgehead atoms. The quantitative estimate of drug-likeness (QED) is 0.187. The first-order chi connectivity index (χ1) is 16.9. The number of nitrogens with one attached hydrogen (secondary N) is 1. The molecule has 9 heteroatoms. The van der Waals surface area contributed by atoms with Crippen molar-refractivity contribution in [1.82, 2.24) is 15.3 Å². The lowest BCUT2D eigenvalue weighted by Gasteiger charge is -2.31. The Labute approximate surface area is 225 Å². The van der Waals surface area contributed by atoms with Crippen LogP contribution >= 0.6 is 46.6 Å². The fourth-order valence-electron chi connectivity index (χ4n) is 3.89. The molecule has 1 fully saturated rings. The van der Waals surface area contributed by atoms with Crippen LogP contribution in [0.1, 0.15) is 41.3 Å². The van der Waals surface area contributed by atoms with E-state index in [0.29, 0.717) is 44.6 Å². The van der Waals surface area contributed by atoms with Gasteiger partial charge in [-0.15, -0.1) is 0 Å². The first-order valence-electron chi connectivity index (χ1n) is 11.6. The smallest absolute Gasteiger partial charge is 0.251 e. The van der Waals surface area contributed by atoms with Gasteiger partial charge in [-0.2, -0.15) is 0 Å². The van der Waals surface area contributed by atoms with Gasteiger partial charge in [0.05, 0.1) is 0 Å². The normalized spacial score (nSPS) is 14.2. The first kappa shape index (κ1) is 26.1. The zero-order valence-corrected chi connectivity index (χ0v) is 22.5. The molecule has 0 spiro atoms. The van der Waals surface area contributed by atoms with Crippen molar-refractivity contribution in [3.05, 3.63) is 80.4 Å². The minimum atomic E-state index is -0.118. The van der Waals surface area contributed by atoms with E-state index in [9.17, 15) is 4.79 Å². The van der Waals surface area contributed by atoms with Crippen molar-refractivity contribution in [3.8, 4) is 0 Å². The van der Waals surface area contributed by atoms with Crippen LogP contribution in [0.25, 0.3) is 0 Å². The number of hydrogen-bond donors (Lipinski definition) is 1. The highest BCUT2D eigenvalue weighted by atomic mass is 35.5. The maximum Gasteiger partial charge on any atom is 0.251 e. The van der Waals surface area contributed by atoms with Crippen molar-refractivity contribution in [3.63, 3.8) is 0 Å². The van der Waals surface area contributed by atoms with Gasteiger partial charge in [0.1, 0.15) is 11.0 Å². The van der Waals surface area contributed by atoms with Gasteiger partial charge in [0.2, 0.25) is 0 Å². The van der Waals surface area contributed by atoms with Gasteiger partial charge in [-0.3, -0.25) is 4.79 Å². The van der Waals surface area contributed by atoms with Crippen molar-refractivity contribution in [2.45, 2.75) is 37.1 Å². The minimum Gasteiger partial charge on any atom is -0.356 e. The molecule has 5 nitrogen and oxygen atoms in total. The van der Waals surface area contributed by atoms with Crippen molar-refractivity contribution in [2.24, 2.45) is 5.92 Å². The molecule has 4 rings (SSSR count). The van der Waals surface area contributed by atoms with Gasteiger partial charge < -0.3 is 10.2 Å². The molecule has 2 aromatic carbocycles. The third-order valence-corrected chi connectivity index (χ3v) is 7.75. The average Bonchev–Trinajstić information content (AvgIpc) is 2.84. The van der Waals surface area contributed by atoms with Crippen LogP contribution in [0, 0.1) is 5.92 Å². The highest BCUT2D eigenvalue weighted by Crippen LogP contribution is 2.27. The van der Waals surface area contributed by atoms with Crippen LogP contribution in [-0.4, -0.2) is 35.5 Å². The van der Waals surface area contributed by atoms with Gasteiger partial charge in [-0.05, 0) is 60.6 Å². The lowest BCUT2D eigenvalue weighted by atomic mass is 9.99. The largest absolute Gasteiger partial charge is 0.356 e. The summed E-state index contributed by atoms with van der Waals surface area (Å²) in [7, 11) is 0. The van der Waals surface area contributed by atoms with Crippen LogP contribution in [0.15, 0.2) is 53.7 Å². The van der Waals surface area contributed by atoms with Crippen LogP contribution < -0.4 is 10.2 Å². The third kappa shape index (κ3) is 7.50. The summed E-state index contributed by atoms with van der Waals surface area (Å²) in [5.74, 6) is 2.22. The number of hydrogen-bond acceptors (Lipinski definition) is 5. The summed E-state index contributed by atoms with van der Waals surface area (Å²) in [6, 6.07) is 14.8. The molecule has 2 heterocycles.